The maximum Gasteiger partial charge on any atom is 0.0636 e. The number of thiocarbonyl (C=S) groups is 2. The van der Waals surface area contributed by atoms with Crippen molar-refractivity contribution in [1.29, 1.82) is 0 Å². The van der Waals surface area contributed by atoms with E-state index >= 15 is 0 Å². The van der Waals surface area contributed by atoms with Crippen LogP contribution in [0.5, 0.6) is 0 Å². The topological polar surface area (TPSA) is 6.48 Å². The lowest BCUT2D eigenvalue weighted by molar-refractivity contribution is 1.13. The Bertz CT molecular complexity index is 610. The van der Waals surface area contributed by atoms with Crippen molar-refractivity contribution < 1.29 is 0 Å². The molecule has 0 aliphatic heterocycles. The van der Waals surface area contributed by atoms with Crippen molar-refractivity contribution >= 4 is 45.5 Å². The molecule has 0 fully saturated rings. The summed E-state index contributed by atoms with van der Waals surface area (Å²) in [5, 5.41) is 0. The van der Waals surface area contributed by atoms with Crippen LogP contribution < -0.4 is 9.80 Å². The fourth-order valence-corrected chi connectivity index (χ4v) is 2.59. The molecular weight excluding hydrogens is 308 g/mol. The fourth-order valence-electron chi connectivity index (χ4n) is 2.08. The molecule has 0 amide bonds. The van der Waals surface area contributed by atoms with E-state index in [1.807, 2.05) is 52.5 Å². The van der Waals surface area contributed by atoms with E-state index in [0.29, 0.717) is 0 Å². The number of rotatable bonds is 5. The van der Waals surface area contributed by atoms with E-state index in [0.717, 1.165) is 32.2 Å². The van der Waals surface area contributed by atoms with Crippen LogP contribution in [0.3, 0.4) is 0 Å². The summed E-state index contributed by atoms with van der Waals surface area (Å²) in [5.41, 5.74) is 4.27. The van der Waals surface area contributed by atoms with Crippen LogP contribution in [0.25, 0.3) is 0 Å². The largest absolute Gasteiger partial charge is 0.378 e. The highest BCUT2D eigenvalue weighted by Gasteiger charge is 2.10. The number of nitrogens with zero attached hydrogens (tertiary/aromatic N) is 2. The van der Waals surface area contributed by atoms with Crippen molar-refractivity contribution in [2.24, 2.45) is 0 Å². The number of anilines is 2. The van der Waals surface area contributed by atoms with Crippen molar-refractivity contribution in [1.82, 2.24) is 0 Å². The van der Waals surface area contributed by atoms with Gasteiger partial charge >= 0.3 is 0 Å². The van der Waals surface area contributed by atoms with Crippen molar-refractivity contribution in [3.63, 3.8) is 0 Å². The van der Waals surface area contributed by atoms with Gasteiger partial charge in [0.2, 0.25) is 0 Å². The number of hydrogen-bond donors (Lipinski definition) is 0. The van der Waals surface area contributed by atoms with Gasteiger partial charge in [-0.3, -0.25) is 0 Å². The normalized spacial score (nSPS) is 10.2. The Kier molecular flexibility index (Phi) is 5.27. The average molecular weight is 329 g/mol. The number of benzene rings is 2. The Morgan fingerprint density at radius 3 is 1.09 bits per heavy atom. The first-order valence-electron chi connectivity index (χ1n) is 7.04. The monoisotopic (exact) mass is 328 g/mol. The van der Waals surface area contributed by atoms with Gasteiger partial charge < -0.3 is 9.80 Å². The maximum absolute atomic E-state index is 5.55. The summed E-state index contributed by atoms with van der Waals surface area (Å²) >= 11 is 11.1. The second-order valence-electron chi connectivity index (χ2n) is 5.54. The SMILES string of the molecule is CN(C)c1ccc(C(=S)C(=S)c2ccc(N(C)C)cc2)cc1. The van der Waals surface area contributed by atoms with Crippen molar-refractivity contribution in [2.75, 3.05) is 38.0 Å². The molecule has 2 nitrogen and oxygen atoms in total. The highest BCUT2D eigenvalue weighted by Crippen LogP contribution is 2.18. The van der Waals surface area contributed by atoms with Crippen LogP contribution in [0, 0.1) is 0 Å². The highest BCUT2D eigenvalue weighted by molar-refractivity contribution is 7.90. The van der Waals surface area contributed by atoms with Gasteiger partial charge in [0.1, 0.15) is 0 Å². The van der Waals surface area contributed by atoms with E-state index < -0.39 is 0 Å². The second kappa shape index (κ2) is 6.99. The second-order valence-corrected chi connectivity index (χ2v) is 6.36. The van der Waals surface area contributed by atoms with Gasteiger partial charge in [-0.15, -0.1) is 0 Å². The minimum atomic E-state index is 0.720. The van der Waals surface area contributed by atoms with Crippen LogP contribution in [-0.2, 0) is 0 Å². The Balaban J connectivity index is 2.19. The molecule has 4 heteroatoms. The summed E-state index contributed by atoms with van der Waals surface area (Å²) in [6.07, 6.45) is 0. The first-order chi connectivity index (χ1) is 10.4. The predicted octanol–water partition coefficient (Wildman–Crippen LogP) is 3.95. The fraction of sp³-hybridized carbons (Fsp3) is 0.222. The number of hydrogen-bond acceptors (Lipinski definition) is 4. The minimum Gasteiger partial charge on any atom is -0.378 e. The van der Waals surface area contributed by atoms with Crippen molar-refractivity contribution in [3.05, 3.63) is 59.7 Å². The average Bonchev–Trinajstić information content (AvgIpc) is 2.53. The lowest BCUT2D eigenvalue weighted by Gasteiger charge is -2.14. The zero-order valence-electron chi connectivity index (χ0n) is 13.3. The van der Waals surface area contributed by atoms with Gasteiger partial charge in [0, 0.05) is 39.6 Å². The summed E-state index contributed by atoms with van der Waals surface area (Å²) in [7, 11) is 8.07. The molecule has 0 unspecified atom stereocenters. The zero-order chi connectivity index (χ0) is 16.3. The van der Waals surface area contributed by atoms with Crippen LogP contribution in [0.4, 0.5) is 11.4 Å². The molecule has 22 heavy (non-hydrogen) atoms. The summed E-state index contributed by atoms with van der Waals surface area (Å²) in [6.45, 7) is 0. The standard InChI is InChI=1S/C18H20N2S2/c1-19(2)15-9-5-13(6-10-15)17(21)18(22)14-7-11-16(12-8-14)20(3)4/h5-12H,1-4H3. The first-order valence-corrected chi connectivity index (χ1v) is 7.85. The maximum atomic E-state index is 5.55. The van der Waals surface area contributed by atoms with Crippen LogP contribution in [-0.4, -0.2) is 37.9 Å². The Morgan fingerprint density at radius 2 is 0.864 bits per heavy atom. The third-order valence-electron chi connectivity index (χ3n) is 3.50. The molecule has 0 aromatic heterocycles. The Labute approximate surface area is 143 Å². The van der Waals surface area contributed by atoms with Crippen LogP contribution in [0.1, 0.15) is 11.1 Å². The quantitative estimate of drug-likeness (QED) is 0.605. The van der Waals surface area contributed by atoms with Crippen molar-refractivity contribution in [3.8, 4) is 0 Å². The van der Waals surface area contributed by atoms with E-state index in [1.54, 1.807) is 0 Å². The first kappa shape index (κ1) is 16.6. The third-order valence-corrected chi connectivity index (χ3v) is 4.51. The van der Waals surface area contributed by atoms with Crippen LogP contribution >= 0.6 is 24.4 Å². The molecule has 0 bridgehead atoms. The molecule has 0 N–H and O–H groups in total. The van der Waals surface area contributed by atoms with Gasteiger partial charge in [0.15, 0.2) is 0 Å². The lowest BCUT2D eigenvalue weighted by atomic mass is 10.0. The van der Waals surface area contributed by atoms with E-state index in [9.17, 15) is 0 Å². The molecule has 0 spiro atoms. The van der Waals surface area contributed by atoms with E-state index in [-0.39, 0.29) is 0 Å². The van der Waals surface area contributed by atoms with Gasteiger partial charge in [-0.05, 0) is 35.4 Å². The van der Waals surface area contributed by atoms with E-state index in [4.69, 9.17) is 24.4 Å². The molecular formula is C18H20N2S2. The predicted molar refractivity (Wildman–Crippen MR) is 105 cm³/mol. The molecule has 0 saturated heterocycles. The van der Waals surface area contributed by atoms with Gasteiger partial charge in [0.05, 0.1) is 9.73 Å². The molecule has 0 aliphatic rings. The van der Waals surface area contributed by atoms with Gasteiger partial charge in [-0.2, -0.15) is 0 Å². The summed E-state index contributed by atoms with van der Waals surface area (Å²) in [4.78, 5) is 5.56. The van der Waals surface area contributed by atoms with Gasteiger partial charge in [-0.25, -0.2) is 0 Å². The molecule has 0 aliphatic carbocycles. The molecule has 2 aromatic rings. The molecule has 2 aromatic carbocycles. The molecule has 0 heterocycles. The summed E-state index contributed by atoms with van der Waals surface area (Å²) in [6, 6.07) is 16.3. The molecule has 0 atom stereocenters. The molecule has 2 rings (SSSR count). The van der Waals surface area contributed by atoms with Gasteiger partial charge in [0.25, 0.3) is 0 Å². The van der Waals surface area contributed by atoms with E-state index in [2.05, 4.69) is 34.1 Å². The summed E-state index contributed by atoms with van der Waals surface area (Å²) in [5.74, 6) is 0. The Morgan fingerprint density at radius 1 is 0.591 bits per heavy atom. The van der Waals surface area contributed by atoms with Crippen LogP contribution in [0.2, 0.25) is 0 Å². The highest BCUT2D eigenvalue weighted by atomic mass is 32.1. The van der Waals surface area contributed by atoms with E-state index in [1.165, 1.54) is 0 Å². The molecule has 0 radical (unpaired) electrons. The Hall–Kier alpha value is -1.78. The van der Waals surface area contributed by atoms with Gasteiger partial charge in [-0.1, -0.05) is 48.7 Å². The zero-order valence-corrected chi connectivity index (χ0v) is 15.0. The van der Waals surface area contributed by atoms with Crippen LogP contribution in [0.15, 0.2) is 48.5 Å². The third kappa shape index (κ3) is 3.70. The smallest absolute Gasteiger partial charge is 0.0636 e. The lowest BCUT2D eigenvalue weighted by Crippen LogP contribution is -2.14. The molecule has 114 valence electrons. The molecule has 0 saturated carbocycles. The summed E-state index contributed by atoms with van der Waals surface area (Å²) < 4.78 is 0. The van der Waals surface area contributed by atoms with Crippen molar-refractivity contribution in [2.45, 2.75) is 0 Å². The minimum absolute atomic E-state index is 0.720.